The van der Waals surface area contributed by atoms with Crippen molar-refractivity contribution >= 4 is 39.4 Å². The first-order valence-corrected chi connectivity index (χ1v) is 9.75. The van der Waals surface area contributed by atoms with Crippen LogP contribution in [0.5, 0.6) is 0 Å². The highest BCUT2D eigenvalue weighted by molar-refractivity contribution is 7.98. The van der Waals surface area contributed by atoms with Crippen LogP contribution in [0.1, 0.15) is 15.9 Å². The summed E-state index contributed by atoms with van der Waals surface area (Å²) < 4.78 is 6.34. The van der Waals surface area contributed by atoms with Gasteiger partial charge in [0, 0.05) is 12.8 Å². The number of benzene rings is 3. The van der Waals surface area contributed by atoms with Gasteiger partial charge in [-0.15, -0.1) is 0 Å². The molecule has 0 fully saturated rings. The molecule has 4 aromatic rings. The van der Waals surface area contributed by atoms with E-state index in [0.29, 0.717) is 27.4 Å². The summed E-state index contributed by atoms with van der Waals surface area (Å²) in [4.78, 5) is 29.2. The van der Waals surface area contributed by atoms with Crippen molar-refractivity contribution in [1.29, 1.82) is 0 Å². The first-order chi connectivity index (χ1) is 13.6. The van der Waals surface area contributed by atoms with E-state index < -0.39 is 0 Å². The van der Waals surface area contributed by atoms with Crippen molar-refractivity contribution in [2.75, 3.05) is 7.11 Å². The molecule has 5 nitrogen and oxygen atoms in total. The molecule has 140 valence electrons. The molecule has 1 aromatic heterocycles. The van der Waals surface area contributed by atoms with Crippen LogP contribution < -0.4 is 5.56 Å². The number of carbonyl (C=O) groups excluding carboxylic acids is 1. The van der Waals surface area contributed by atoms with Crippen LogP contribution in [-0.2, 0) is 17.5 Å². The number of methoxy groups -OCH3 is 1. The number of thioether (sulfide) groups is 1. The number of hydrogen-bond acceptors (Lipinski definition) is 5. The van der Waals surface area contributed by atoms with Gasteiger partial charge in [0.1, 0.15) is 0 Å². The van der Waals surface area contributed by atoms with Crippen LogP contribution in [0.2, 0.25) is 0 Å². The molecule has 0 radical (unpaired) electrons. The van der Waals surface area contributed by atoms with E-state index in [9.17, 15) is 9.59 Å². The lowest BCUT2D eigenvalue weighted by Crippen LogP contribution is -2.20. The van der Waals surface area contributed by atoms with Crippen molar-refractivity contribution in [3.8, 4) is 0 Å². The highest BCUT2D eigenvalue weighted by atomic mass is 32.2. The molecule has 0 aliphatic heterocycles. The summed E-state index contributed by atoms with van der Waals surface area (Å²) in [6.07, 6.45) is 0. The van der Waals surface area contributed by atoms with Crippen LogP contribution in [0, 0.1) is 0 Å². The van der Waals surface area contributed by atoms with E-state index in [1.54, 1.807) is 23.7 Å². The van der Waals surface area contributed by atoms with Gasteiger partial charge in [0.25, 0.3) is 5.56 Å². The minimum absolute atomic E-state index is 0.0680. The Hall–Kier alpha value is -3.12. The molecule has 0 amide bonds. The third kappa shape index (κ3) is 3.39. The topological polar surface area (TPSA) is 61.2 Å². The monoisotopic (exact) mass is 390 g/mol. The predicted octanol–water partition coefficient (Wildman–Crippen LogP) is 4.17. The molecule has 0 bridgehead atoms. The number of esters is 1. The number of nitrogens with zero attached hydrogens (tertiary/aromatic N) is 2. The molecule has 4 rings (SSSR count). The van der Waals surface area contributed by atoms with Crippen LogP contribution in [0.15, 0.2) is 70.6 Å². The van der Waals surface area contributed by atoms with Gasteiger partial charge in [-0.05, 0) is 40.6 Å². The quantitative estimate of drug-likeness (QED) is 0.227. The highest BCUT2D eigenvalue weighted by Gasteiger charge is 2.11. The molecule has 0 saturated carbocycles. The molecule has 0 saturated heterocycles. The number of fused-ring (bicyclic) bond motifs is 2. The number of aromatic nitrogens is 2. The Morgan fingerprint density at radius 1 is 1.07 bits per heavy atom. The molecule has 1 heterocycles. The van der Waals surface area contributed by atoms with Crippen LogP contribution in [0.3, 0.4) is 0 Å². The normalized spacial score (nSPS) is 11.1. The molecule has 28 heavy (non-hydrogen) atoms. The predicted molar refractivity (Wildman–Crippen MR) is 112 cm³/mol. The standard InChI is InChI=1S/C22H18N2O3S/c1-24-20(25)18-11-15-7-3-4-8-16(15)12-19(18)23-22(24)28-13-14-6-5-9-17(10-14)21(26)27-2/h3-12H,13H2,1-2H3. The summed E-state index contributed by atoms with van der Waals surface area (Å²) in [6, 6.07) is 19.1. The van der Waals surface area contributed by atoms with Crippen LogP contribution in [0.4, 0.5) is 0 Å². The van der Waals surface area contributed by atoms with E-state index in [1.807, 2.05) is 48.5 Å². The Labute approximate surface area is 166 Å². The summed E-state index contributed by atoms with van der Waals surface area (Å²) in [5.41, 5.74) is 2.09. The lowest BCUT2D eigenvalue weighted by atomic mass is 10.1. The van der Waals surface area contributed by atoms with Gasteiger partial charge in [0.15, 0.2) is 5.16 Å². The molecular formula is C22H18N2O3S. The van der Waals surface area contributed by atoms with Gasteiger partial charge in [-0.1, -0.05) is 48.2 Å². The second-order valence-electron chi connectivity index (χ2n) is 6.46. The van der Waals surface area contributed by atoms with Crippen molar-refractivity contribution in [3.05, 3.63) is 82.1 Å². The lowest BCUT2D eigenvalue weighted by Gasteiger charge is -2.10. The Morgan fingerprint density at radius 3 is 2.57 bits per heavy atom. The average molecular weight is 390 g/mol. The zero-order valence-electron chi connectivity index (χ0n) is 15.5. The number of hydrogen-bond donors (Lipinski definition) is 0. The largest absolute Gasteiger partial charge is 0.465 e. The van der Waals surface area contributed by atoms with Crippen molar-refractivity contribution < 1.29 is 9.53 Å². The van der Waals surface area contributed by atoms with Crippen molar-refractivity contribution in [2.24, 2.45) is 7.05 Å². The molecule has 0 N–H and O–H groups in total. The van der Waals surface area contributed by atoms with Gasteiger partial charge in [0.2, 0.25) is 0 Å². The summed E-state index contributed by atoms with van der Waals surface area (Å²) >= 11 is 1.46. The maximum absolute atomic E-state index is 12.8. The third-order valence-electron chi connectivity index (χ3n) is 4.62. The second-order valence-corrected chi connectivity index (χ2v) is 7.40. The first kappa shape index (κ1) is 18.3. The Balaban J connectivity index is 1.69. The Kier molecular flexibility index (Phi) is 4.88. The molecular weight excluding hydrogens is 372 g/mol. The van der Waals surface area contributed by atoms with Crippen LogP contribution in [0.25, 0.3) is 21.7 Å². The fraction of sp³-hybridized carbons (Fsp3) is 0.136. The molecule has 0 atom stereocenters. The van der Waals surface area contributed by atoms with Gasteiger partial charge in [0.05, 0.1) is 23.6 Å². The fourth-order valence-electron chi connectivity index (χ4n) is 3.12. The fourth-order valence-corrected chi connectivity index (χ4v) is 4.04. The molecule has 0 unspecified atom stereocenters. The van der Waals surface area contributed by atoms with E-state index in [4.69, 9.17) is 9.72 Å². The smallest absolute Gasteiger partial charge is 0.337 e. The molecule has 3 aromatic carbocycles. The zero-order valence-corrected chi connectivity index (χ0v) is 16.3. The average Bonchev–Trinajstić information content (AvgIpc) is 2.74. The van der Waals surface area contributed by atoms with Gasteiger partial charge in [-0.3, -0.25) is 9.36 Å². The van der Waals surface area contributed by atoms with E-state index >= 15 is 0 Å². The number of rotatable bonds is 4. The van der Waals surface area contributed by atoms with Crippen LogP contribution in [-0.4, -0.2) is 22.6 Å². The molecule has 0 aliphatic carbocycles. The van der Waals surface area contributed by atoms with Crippen molar-refractivity contribution in [1.82, 2.24) is 9.55 Å². The third-order valence-corrected chi connectivity index (χ3v) is 5.72. The molecule has 6 heteroatoms. The molecule has 0 spiro atoms. The van der Waals surface area contributed by atoms with Gasteiger partial charge >= 0.3 is 5.97 Å². The Morgan fingerprint density at radius 2 is 1.82 bits per heavy atom. The van der Waals surface area contributed by atoms with E-state index in [1.165, 1.54) is 18.9 Å². The van der Waals surface area contributed by atoms with Gasteiger partial charge in [-0.25, -0.2) is 9.78 Å². The summed E-state index contributed by atoms with van der Waals surface area (Å²) in [6.45, 7) is 0. The van der Waals surface area contributed by atoms with Gasteiger partial charge in [-0.2, -0.15) is 0 Å². The first-order valence-electron chi connectivity index (χ1n) is 8.76. The summed E-state index contributed by atoms with van der Waals surface area (Å²) in [5, 5.41) is 3.32. The van der Waals surface area contributed by atoms with E-state index in [-0.39, 0.29) is 11.5 Å². The SMILES string of the molecule is COC(=O)c1cccc(CSc2nc3cc4ccccc4cc3c(=O)n2C)c1. The number of carbonyl (C=O) groups is 1. The minimum atomic E-state index is -0.366. The maximum Gasteiger partial charge on any atom is 0.337 e. The van der Waals surface area contributed by atoms with Crippen LogP contribution >= 0.6 is 11.8 Å². The molecule has 0 aliphatic rings. The van der Waals surface area contributed by atoms with E-state index in [0.717, 1.165) is 16.3 Å². The summed E-state index contributed by atoms with van der Waals surface area (Å²) in [5.74, 6) is 0.222. The second kappa shape index (κ2) is 7.48. The number of ether oxygens (including phenoxy) is 1. The highest BCUT2D eigenvalue weighted by Crippen LogP contribution is 2.24. The summed E-state index contributed by atoms with van der Waals surface area (Å²) in [7, 11) is 3.10. The Bertz CT molecular complexity index is 1260. The lowest BCUT2D eigenvalue weighted by molar-refractivity contribution is 0.0600. The van der Waals surface area contributed by atoms with Crippen molar-refractivity contribution in [2.45, 2.75) is 10.9 Å². The minimum Gasteiger partial charge on any atom is -0.465 e. The van der Waals surface area contributed by atoms with E-state index in [2.05, 4.69) is 0 Å². The van der Waals surface area contributed by atoms with Gasteiger partial charge < -0.3 is 4.74 Å². The zero-order chi connectivity index (χ0) is 19.7. The maximum atomic E-state index is 12.8. The van der Waals surface area contributed by atoms with Crippen molar-refractivity contribution in [3.63, 3.8) is 0 Å².